The van der Waals surface area contributed by atoms with Crippen LogP contribution in [0.1, 0.15) is 5.56 Å². The first-order chi connectivity index (χ1) is 18.3. The van der Waals surface area contributed by atoms with E-state index in [1.54, 1.807) is 0 Å². The summed E-state index contributed by atoms with van der Waals surface area (Å²) in [5, 5.41) is 4.42. The van der Waals surface area contributed by atoms with Crippen molar-refractivity contribution in [2.45, 2.75) is 38.6 Å². The molecule has 0 atom stereocenters. The van der Waals surface area contributed by atoms with Crippen molar-refractivity contribution in [1.82, 2.24) is 14.9 Å². The maximum atomic E-state index is 14.9. The van der Waals surface area contributed by atoms with E-state index >= 15 is 0 Å². The summed E-state index contributed by atoms with van der Waals surface area (Å²) < 4.78 is 88.6. The normalized spacial score (nSPS) is 14.4. The van der Waals surface area contributed by atoms with E-state index in [4.69, 9.17) is 14.2 Å². The molecule has 0 radical (unpaired) electrons. The van der Waals surface area contributed by atoms with Crippen molar-refractivity contribution in [3.63, 3.8) is 0 Å². The van der Waals surface area contributed by atoms with Crippen LogP contribution in [0.2, 0.25) is 25.7 Å². The Kier molecular flexibility index (Phi) is 8.47. The van der Waals surface area contributed by atoms with E-state index in [9.17, 15) is 26.7 Å². The highest BCUT2D eigenvalue weighted by atomic mass is 28.3. The fraction of sp³-hybridized carbons (Fsp3) is 0.440. The molecule has 1 fully saturated rings. The Bertz CT molecular complexity index is 1320. The smallest absolute Gasteiger partial charge is 0.418 e. The number of hydrogen-bond donors (Lipinski definition) is 2. The molecule has 1 saturated heterocycles. The lowest BCUT2D eigenvalue weighted by Crippen LogP contribution is -2.40. The molecule has 0 unspecified atom stereocenters. The molecule has 0 aliphatic carbocycles. The second kappa shape index (κ2) is 11.5. The molecule has 3 aromatic rings. The summed E-state index contributed by atoms with van der Waals surface area (Å²) in [5.74, 6) is -3.62. The van der Waals surface area contributed by atoms with Crippen LogP contribution in [0.3, 0.4) is 0 Å². The van der Waals surface area contributed by atoms with E-state index in [0.29, 0.717) is 26.4 Å². The number of pyridine rings is 1. The van der Waals surface area contributed by atoms with Gasteiger partial charge in [0.05, 0.1) is 24.2 Å². The van der Waals surface area contributed by atoms with Gasteiger partial charge in [0.2, 0.25) is 0 Å². The van der Waals surface area contributed by atoms with E-state index < -0.39 is 54.4 Å². The van der Waals surface area contributed by atoms with Crippen molar-refractivity contribution >= 4 is 30.8 Å². The lowest BCUT2D eigenvalue weighted by Gasteiger charge is -2.25. The Morgan fingerprint density at radius 2 is 1.90 bits per heavy atom. The molecule has 1 aliphatic heterocycles. The number of urea groups is 1. The lowest BCUT2D eigenvalue weighted by molar-refractivity contribution is -0.136. The molecule has 212 valence electrons. The predicted octanol–water partition coefficient (Wildman–Crippen LogP) is 6.21. The van der Waals surface area contributed by atoms with Gasteiger partial charge in [-0.1, -0.05) is 19.6 Å². The van der Waals surface area contributed by atoms with E-state index in [1.807, 2.05) is 0 Å². The molecule has 39 heavy (non-hydrogen) atoms. The first-order valence-corrected chi connectivity index (χ1v) is 15.9. The maximum absolute atomic E-state index is 14.9. The number of fused-ring (bicyclic) bond motifs is 1. The number of benzene rings is 1. The molecule has 14 heteroatoms. The van der Waals surface area contributed by atoms with Crippen molar-refractivity contribution in [3.05, 3.63) is 47.8 Å². The molecule has 2 amide bonds. The molecule has 4 rings (SSSR count). The highest BCUT2D eigenvalue weighted by Crippen LogP contribution is 2.42. The monoisotopic (exact) mass is 572 g/mol. The third kappa shape index (κ3) is 7.25. The number of nitrogens with zero attached hydrogens (tertiary/aromatic N) is 2. The fourth-order valence-electron chi connectivity index (χ4n) is 3.78. The number of anilines is 1. The van der Waals surface area contributed by atoms with Gasteiger partial charge in [0, 0.05) is 57.4 Å². The maximum Gasteiger partial charge on any atom is 0.418 e. The van der Waals surface area contributed by atoms with Gasteiger partial charge in [-0.15, -0.1) is 0 Å². The van der Waals surface area contributed by atoms with E-state index in [2.05, 4.69) is 35.3 Å². The Hall–Kier alpha value is -3.23. The summed E-state index contributed by atoms with van der Waals surface area (Å²) in [6.07, 6.45) is -2.78. The average Bonchev–Trinajstić information content (AvgIpc) is 3.17. The van der Waals surface area contributed by atoms with Gasteiger partial charge in [-0.3, -0.25) is 0 Å². The van der Waals surface area contributed by atoms with Gasteiger partial charge in [-0.2, -0.15) is 13.2 Å². The summed E-state index contributed by atoms with van der Waals surface area (Å²) in [5.41, 5.74) is -1.39. The van der Waals surface area contributed by atoms with Gasteiger partial charge in [0.25, 0.3) is 0 Å². The van der Waals surface area contributed by atoms with Crippen LogP contribution >= 0.6 is 0 Å². The minimum Gasteiger partial charge on any atom is -0.450 e. The number of aromatic nitrogens is 2. The number of hydrogen-bond acceptors (Lipinski definition) is 5. The van der Waals surface area contributed by atoms with Crippen molar-refractivity contribution in [2.24, 2.45) is 5.92 Å². The third-order valence-electron chi connectivity index (χ3n) is 5.98. The average molecular weight is 573 g/mol. The minimum absolute atomic E-state index is 0.111. The van der Waals surface area contributed by atoms with Gasteiger partial charge in [-0.05, 0) is 12.1 Å². The number of carbonyl (C=O) groups is 1. The van der Waals surface area contributed by atoms with Gasteiger partial charge >= 0.3 is 12.2 Å². The number of ether oxygens (including phenoxy) is 3. The zero-order valence-corrected chi connectivity index (χ0v) is 22.6. The summed E-state index contributed by atoms with van der Waals surface area (Å²) in [6, 6.07) is 2.86. The zero-order chi connectivity index (χ0) is 28.4. The number of alkyl halides is 3. The molecular formula is C25H29F5N4O4Si. The summed E-state index contributed by atoms with van der Waals surface area (Å²) in [7, 11) is -1.41. The van der Waals surface area contributed by atoms with Crippen LogP contribution in [0.5, 0.6) is 11.5 Å². The summed E-state index contributed by atoms with van der Waals surface area (Å²) in [4.78, 5) is 16.1. The number of rotatable bonds is 10. The minimum atomic E-state index is -4.80. The first kappa shape index (κ1) is 28.8. The van der Waals surface area contributed by atoms with Crippen molar-refractivity contribution in [3.8, 4) is 11.5 Å². The zero-order valence-electron chi connectivity index (χ0n) is 21.6. The van der Waals surface area contributed by atoms with Gasteiger partial charge < -0.3 is 29.4 Å². The Balaban J connectivity index is 1.56. The third-order valence-corrected chi connectivity index (χ3v) is 7.68. The van der Waals surface area contributed by atoms with Crippen LogP contribution in [0, 0.1) is 17.6 Å². The molecular weight excluding hydrogens is 543 g/mol. The number of nitrogens with one attached hydrogen (secondary N) is 2. The van der Waals surface area contributed by atoms with Crippen LogP contribution in [0.25, 0.3) is 11.0 Å². The highest BCUT2D eigenvalue weighted by molar-refractivity contribution is 6.76. The molecule has 2 aromatic heterocycles. The Morgan fingerprint density at radius 3 is 2.49 bits per heavy atom. The first-order valence-electron chi connectivity index (χ1n) is 12.2. The summed E-state index contributed by atoms with van der Waals surface area (Å²) >= 11 is 0. The Morgan fingerprint density at radius 1 is 1.21 bits per heavy atom. The predicted molar refractivity (Wildman–Crippen MR) is 137 cm³/mol. The van der Waals surface area contributed by atoms with Crippen molar-refractivity contribution in [2.75, 3.05) is 31.7 Å². The summed E-state index contributed by atoms with van der Waals surface area (Å²) in [6.45, 7) is 8.00. The second-order valence-corrected chi connectivity index (χ2v) is 16.1. The number of amides is 2. The molecule has 0 bridgehead atoms. The number of halogens is 5. The second-order valence-electron chi connectivity index (χ2n) is 10.5. The Labute approximate surface area is 222 Å². The lowest BCUT2D eigenvalue weighted by atomic mass is 10.1. The molecule has 8 nitrogen and oxygen atoms in total. The molecule has 2 N–H and O–H groups in total. The van der Waals surface area contributed by atoms with Crippen LogP contribution in [0.15, 0.2) is 30.6 Å². The highest BCUT2D eigenvalue weighted by Gasteiger charge is 2.37. The topological polar surface area (TPSA) is 86.6 Å². The van der Waals surface area contributed by atoms with Crippen LogP contribution < -0.4 is 15.4 Å². The van der Waals surface area contributed by atoms with Crippen molar-refractivity contribution < 1.29 is 41.0 Å². The largest absolute Gasteiger partial charge is 0.450 e. The fourth-order valence-corrected chi connectivity index (χ4v) is 4.54. The van der Waals surface area contributed by atoms with Gasteiger partial charge in [0.15, 0.2) is 17.4 Å². The molecule has 0 spiro atoms. The number of carbonyl (C=O) groups excluding carboxylic acids is 1. The van der Waals surface area contributed by atoms with E-state index in [-0.39, 0.29) is 24.0 Å². The standard InChI is InChI=1S/C25H29F5N4O4Si/c1-39(2,3)7-6-36-14-34-11-17(25(28,29)30)21-20(4-5-31-23(21)34)38-22-18(26)8-16(9-19(22)27)33-24(35)32-10-15-12-37-13-15/h4-5,8-9,11,15H,6-7,10,12-14H2,1-3H3,(H2,32,33,35). The molecule has 1 aliphatic rings. The van der Waals surface area contributed by atoms with E-state index in [0.717, 1.165) is 30.4 Å². The SMILES string of the molecule is C[Si](C)(C)CCOCn1cc(C(F)(F)F)c2c(Oc3c(F)cc(NC(=O)NCC4COC4)cc3F)ccnc21. The van der Waals surface area contributed by atoms with Crippen LogP contribution in [-0.4, -0.2) is 50.0 Å². The van der Waals surface area contributed by atoms with Gasteiger partial charge in [-0.25, -0.2) is 18.6 Å². The van der Waals surface area contributed by atoms with Crippen LogP contribution in [-0.2, 0) is 22.4 Å². The molecule has 3 heterocycles. The van der Waals surface area contributed by atoms with Crippen LogP contribution in [0.4, 0.5) is 32.4 Å². The van der Waals surface area contributed by atoms with Gasteiger partial charge in [0.1, 0.15) is 18.1 Å². The van der Waals surface area contributed by atoms with Crippen molar-refractivity contribution in [1.29, 1.82) is 0 Å². The molecule has 0 saturated carbocycles. The quantitative estimate of drug-likeness (QED) is 0.172. The molecule has 1 aromatic carbocycles. The van der Waals surface area contributed by atoms with E-state index in [1.165, 1.54) is 10.8 Å².